The molecule has 0 unspecified atom stereocenters. The predicted octanol–water partition coefficient (Wildman–Crippen LogP) is -5.73. The van der Waals surface area contributed by atoms with E-state index in [9.17, 15) is 39.9 Å². The number of aromatic nitrogens is 12. The van der Waals surface area contributed by atoms with E-state index in [4.69, 9.17) is 15.6 Å². The van der Waals surface area contributed by atoms with E-state index in [1.807, 2.05) is 114 Å². The van der Waals surface area contributed by atoms with Crippen LogP contribution in [-0.4, -0.2) is 250 Å². The van der Waals surface area contributed by atoms with Crippen molar-refractivity contribution in [2.24, 2.45) is 51.8 Å². The van der Waals surface area contributed by atoms with Crippen LogP contribution in [0.2, 0.25) is 0 Å². The zero-order valence-corrected chi connectivity index (χ0v) is 69.7. The summed E-state index contributed by atoms with van der Waals surface area (Å²) in [4.78, 5) is 32.1. The number of amides is 1. The molecular weight excluding hydrogens is 1430 g/mol. The van der Waals surface area contributed by atoms with Gasteiger partial charge in [-0.2, -0.15) is 60.2 Å². The number of carbonyl (C=O) groups is 2. The van der Waals surface area contributed by atoms with Crippen LogP contribution in [0.4, 0.5) is 27.5 Å². The number of fused-ring (bicyclic) bond motifs is 2. The monoisotopic (exact) mass is 1540 g/mol. The molecule has 104 heavy (non-hydrogen) atoms. The number of nitrogens with one attached hydrogen (secondary N) is 2. The molecule has 580 valence electrons. The number of quaternary nitrogens is 1. The normalized spacial score (nSPS) is 12.6. The Morgan fingerprint density at radius 3 is 1.41 bits per heavy atom. The largest absolute Gasteiger partial charge is 1.00 e. The molecule has 0 saturated heterocycles. The number of nitrogens with zero attached hydrogens (tertiary/aromatic N) is 20. The van der Waals surface area contributed by atoms with Gasteiger partial charge in [0.15, 0.2) is 5.78 Å². The molecule has 0 radical (unpaired) electrons. The van der Waals surface area contributed by atoms with Crippen LogP contribution in [0, 0.1) is 0 Å². The van der Waals surface area contributed by atoms with Crippen LogP contribution < -0.4 is 80.5 Å². The third-order valence-corrected chi connectivity index (χ3v) is 18.9. The summed E-state index contributed by atoms with van der Waals surface area (Å²) < 4.78 is 97.9. The molecule has 0 fully saturated rings. The summed E-state index contributed by atoms with van der Waals surface area (Å²) >= 11 is 0. The van der Waals surface area contributed by atoms with Gasteiger partial charge in [-0.15, -0.1) is 0 Å². The number of rotatable bonds is 27. The Morgan fingerprint density at radius 1 is 0.596 bits per heavy atom. The molecule has 2 aliphatic rings. The number of ketones is 1. The van der Waals surface area contributed by atoms with E-state index in [0.717, 1.165) is 80.4 Å². The molecule has 34 nitrogen and oxygen atoms in total. The maximum Gasteiger partial charge on any atom is 1.00 e. The number of anilines is 4. The Labute approximate surface area is 646 Å². The quantitative estimate of drug-likeness (QED) is 0.0212. The molecule has 6 aromatic heterocycles. The molecule has 0 aliphatic heterocycles. The fourth-order valence-corrected chi connectivity index (χ4v) is 13.4. The molecule has 6 N–H and O–H groups in total. The van der Waals surface area contributed by atoms with Crippen molar-refractivity contribution in [1.82, 2.24) is 83.0 Å². The number of aryl methyl sites for hydroxylation is 9. The minimum atomic E-state index is -4.18. The zero-order valence-electron chi connectivity index (χ0n) is 65.5. The summed E-state index contributed by atoms with van der Waals surface area (Å²) in [5.41, 5.74) is 15.0. The van der Waals surface area contributed by atoms with Gasteiger partial charge in [0.2, 0.25) is 0 Å². The van der Waals surface area contributed by atoms with Gasteiger partial charge in [0.05, 0.1) is 93.7 Å². The summed E-state index contributed by atoms with van der Waals surface area (Å²) in [6.45, 7) is 8.95. The molecule has 6 heterocycles. The van der Waals surface area contributed by atoms with Crippen molar-refractivity contribution < 1.29 is 93.0 Å². The maximum atomic E-state index is 13.1. The van der Waals surface area contributed by atoms with Gasteiger partial charge in [-0.05, 0) is 180 Å². The number of ether oxygens (including phenoxy) is 1. The first-order chi connectivity index (χ1) is 47.5. The van der Waals surface area contributed by atoms with E-state index in [0.29, 0.717) is 61.9 Å². The summed E-state index contributed by atoms with van der Waals surface area (Å²) in [5.74, 6) is -0.383. The number of Topliss-reactive ketones (excluding diaryl/α,β-unsaturated/α-hetero) is 1. The minimum absolute atomic E-state index is 0. The van der Waals surface area contributed by atoms with Crippen LogP contribution in [-0.2, 0) is 127 Å². The molecule has 0 atom stereocenters. The first-order valence-electron chi connectivity index (χ1n) is 33.3. The summed E-state index contributed by atoms with van der Waals surface area (Å²) in [5, 5.41) is 42.0. The van der Waals surface area contributed by atoms with Gasteiger partial charge < -0.3 is 53.9 Å². The van der Waals surface area contributed by atoms with Gasteiger partial charge >= 0.3 is 56.1 Å². The average Bonchev–Trinajstić information content (AvgIpc) is 1.66. The van der Waals surface area contributed by atoms with Crippen molar-refractivity contribution in [2.45, 2.75) is 90.6 Å². The first kappa shape index (κ1) is 93.1. The van der Waals surface area contributed by atoms with Gasteiger partial charge in [-0.1, -0.05) is 6.07 Å². The van der Waals surface area contributed by atoms with Crippen molar-refractivity contribution in [1.29, 1.82) is 0 Å². The van der Waals surface area contributed by atoms with Gasteiger partial charge in [0, 0.05) is 118 Å². The summed E-state index contributed by atoms with van der Waals surface area (Å²) in [7, 11) is 18.0. The molecule has 0 saturated carbocycles. The molecule has 0 bridgehead atoms. The van der Waals surface area contributed by atoms with Crippen LogP contribution in [0.15, 0.2) is 84.8 Å². The molecule has 39 heteroatoms. The van der Waals surface area contributed by atoms with Gasteiger partial charge in [0.1, 0.15) is 5.60 Å². The number of hydrogen-bond donors (Lipinski definition) is 4. The standard InChI is InChI=1S/C22H31N5O3S.C13H25N5O4S.C9H15N3O.C9H17N3.C8H17N5O2S.C4H7N3.ClH.Na.H/c1-25(2)10-11-27(18-14-23-26(3)15-18)31(29,30)24-22(28)13-21-19-8-4-6-16(19)12-17-7-5-9-20(17)21;1-13(2,3)22-12(19)15-23(20,21)18(8-7-16(4)5)11-9-14-17(6)10-11;1-11(2)7-9(13)4-8-5-10-12(3)6-8;1-11(2)6-4-5-9-7-10-12(3)8-9;1-11(2)4-5-13(16(9,14)15)8-6-10-12(3)7-8;1-7-3-4(5)2-6-7;;;/h12,14-15H,4-11,13H2,1-3H3,(H,24,28);9-10H,7-8H2,1-6H3,(H,15,19);5-6H,4,7H2,1-3H3;7-8H,4-6H2,1-3H3;6-7H,4-5H2,1-3H3,(H2,9,14,15);2-3H,5H2,1H3;1H;;/q;;;;;;;+1;-1/p-1. The summed E-state index contributed by atoms with van der Waals surface area (Å²) in [6, 6.07) is 2.30. The zero-order chi connectivity index (χ0) is 76.5. The molecular formula is C65H113ClN24NaO10S3-. The second kappa shape index (κ2) is 43.6. The maximum absolute atomic E-state index is 13.1. The number of nitrogens with two attached hydrogens (primary N) is 2. The van der Waals surface area contributed by atoms with Gasteiger partial charge in [-0.3, -0.25) is 32.9 Å². The first-order valence-corrected chi connectivity index (χ1v) is 37.7. The van der Waals surface area contributed by atoms with E-state index in [1.165, 1.54) is 66.9 Å². The van der Waals surface area contributed by atoms with Crippen LogP contribution in [0.3, 0.4) is 0 Å². The van der Waals surface area contributed by atoms with E-state index in [2.05, 4.69) is 66.2 Å². The molecule has 1 amide bonds. The fraction of sp³-hybridized carbons (Fsp3) is 0.585. The van der Waals surface area contributed by atoms with Gasteiger partial charge in [-0.25, -0.2) is 27.6 Å². The van der Waals surface area contributed by atoms with Gasteiger partial charge in [0.25, 0.3) is 10.2 Å². The van der Waals surface area contributed by atoms with Crippen LogP contribution in [0.25, 0.3) is 0 Å². The van der Waals surface area contributed by atoms with E-state index >= 15 is 0 Å². The van der Waals surface area contributed by atoms with Crippen molar-refractivity contribution in [2.75, 3.05) is 141 Å². The van der Waals surface area contributed by atoms with Crippen molar-refractivity contribution in [3.05, 3.63) is 119 Å². The number of benzene rings is 1. The van der Waals surface area contributed by atoms with Crippen molar-refractivity contribution in [3.63, 3.8) is 0 Å². The van der Waals surface area contributed by atoms with E-state index in [-0.39, 0.29) is 68.7 Å². The van der Waals surface area contributed by atoms with Crippen molar-refractivity contribution in [3.8, 4) is 0 Å². The Hall–Kier alpha value is -7.01. The molecule has 9 rings (SSSR count). The minimum Gasteiger partial charge on any atom is -1.00 e. The average molecular weight is 1550 g/mol. The van der Waals surface area contributed by atoms with E-state index < -0.39 is 48.2 Å². The third-order valence-electron chi connectivity index (χ3n) is 15.1. The third kappa shape index (κ3) is 34.0. The topological polar surface area (TPSA) is 379 Å². The number of halogens is 1. The van der Waals surface area contributed by atoms with Crippen molar-refractivity contribution >= 4 is 71.2 Å². The second-order valence-corrected chi connectivity index (χ2v) is 32.0. The van der Waals surface area contributed by atoms with Crippen LogP contribution in [0.5, 0.6) is 0 Å². The molecule has 2 aliphatic carbocycles. The Balaban J connectivity index is 0.000000662. The number of carbonyl (C=O) groups excluding carboxylic acids is 2. The number of nitrogen functional groups attached to an aromatic ring is 1. The number of likely N-dealkylation sites (N-methyl/N-ethyl adjacent to an activating group) is 4. The Bertz CT molecular complexity index is 4080. The SMILES string of the molecule is CN(C)CC(=O)Cc1cnn(C)c1.CN(C)CCCc1cnn(C)c1.CN(C)CCN(c1cnn(C)c1)S(=O)(=O)N=C([O-])Cc1c2c(cc3c1CCC3)CCC2.CN(C)CCN(c1cnn(C)c1)S(=O)(=O)NC(=O)OC(C)(C)C.Cn1cc(N(CC[NH+](C)C)S(N)(=O)=O)cn1.Cn1cc(N)cn1.[Cl-].[H-].[Na+]. The van der Waals surface area contributed by atoms with Crippen LogP contribution in [0.1, 0.15) is 80.4 Å². The predicted molar refractivity (Wildman–Crippen MR) is 398 cm³/mol. The van der Waals surface area contributed by atoms with Crippen LogP contribution >= 0.6 is 0 Å². The smallest absolute Gasteiger partial charge is 1.00 e. The summed E-state index contributed by atoms with van der Waals surface area (Å²) in [6.07, 6.45) is 28.2. The number of hydrogen-bond acceptors (Lipinski definition) is 21. The molecule has 7 aromatic rings. The molecule has 0 spiro atoms. The second-order valence-electron chi connectivity index (χ2n) is 27.4. The Morgan fingerprint density at radius 2 is 1.03 bits per heavy atom. The van der Waals surface area contributed by atoms with E-state index in [1.54, 1.807) is 88.5 Å². The molecule has 1 aromatic carbocycles. The Kier molecular flexibility index (Phi) is 39.0. The fourth-order valence-electron chi connectivity index (χ4n) is 10.5.